The number of rotatable bonds is 4. The second-order valence-electron chi connectivity index (χ2n) is 7.60. The average molecular weight is 416 g/mol. The van der Waals surface area contributed by atoms with E-state index in [1.165, 1.54) is 13.2 Å². The number of hydrogen-bond donors (Lipinski definition) is 1. The molecule has 0 bridgehead atoms. The molecule has 7 heteroatoms. The van der Waals surface area contributed by atoms with Crippen molar-refractivity contribution in [1.29, 1.82) is 5.26 Å². The van der Waals surface area contributed by atoms with Gasteiger partial charge < -0.3 is 13.9 Å². The average Bonchev–Trinajstić information content (AvgIpc) is 3.34. The number of furan rings is 2. The van der Waals surface area contributed by atoms with Gasteiger partial charge >= 0.3 is 0 Å². The third-order valence-electron chi connectivity index (χ3n) is 5.68. The maximum atomic E-state index is 13.5. The normalized spacial score (nSPS) is 11.1. The molecule has 0 atom stereocenters. The molecule has 0 spiro atoms. The van der Waals surface area contributed by atoms with E-state index < -0.39 is 17.2 Å². The number of hydrogen-bond acceptors (Lipinski definition) is 6. The lowest BCUT2D eigenvalue weighted by atomic mass is 9.98. The van der Waals surface area contributed by atoms with E-state index in [0.717, 1.165) is 21.1 Å². The van der Waals surface area contributed by atoms with Crippen LogP contribution in [-0.4, -0.2) is 15.5 Å². The SMILES string of the molecule is Cc1cc2oc(C(=O)c3c(C)c(C#N)c(=O)n(Cc4ccco4)c3O)c(C)c2cc1C. The summed E-state index contributed by atoms with van der Waals surface area (Å²) in [5, 5.41) is 21.2. The van der Waals surface area contributed by atoms with Crippen LogP contribution in [0.4, 0.5) is 0 Å². The molecule has 7 nitrogen and oxygen atoms in total. The van der Waals surface area contributed by atoms with Crippen LogP contribution in [0.2, 0.25) is 0 Å². The van der Waals surface area contributed by atoms with Crippen molar-refractivity contribution in [3.8, 4) is 11.9 Å². The van der Waals surface area contributed by atoms with Gasteiger partial charge in [0.1, 0.15) is 23.0 Å². The minimum absolute atomic E-state index is 0.0606. The number of fused-ring (bicyclic) bond motifs is 1. The van der Waals surface area contributed by atoms with Crippen LogP contribution in [0.15, 0.2) is 44.2 Å². The summed E-state index contributed by atoms with van der Waals surface area (Å²) in [5.74, 6) is -0.668. The minimum Gasteiger partial charge on any atom is -0.494 e. The van der Waals surface area contributed by atoms with Crippen molar-refractivity contribution in [3.63, 3.8) is 0 Å². The number of benzene rings is 1. The summed E-state index contributed by atoms with van der Waals surface area (Å²) < 4.78 is 12.1. The molecule has 0 unspecified atom stereocenters. The van der Waals surface area contributed by atoms with Crippen molar-refractivity contribution in [3.05, 3.63) is 85.8 Å². The summed E-state index contributed by atoms with van der Waals surface area (Å²) in [5.41, 5.74) is 2.34. The fourth-order valence-electron chi connectivity index (χ4n) is 3.73. The lowest BCUT2D eigenvalue weighted by Crippen LogP contribution is -2.27. The molecule has 31 heavy (non-hydrogen) atoms. The zero-order valence-electron chi connectivity index (χ0n) is 17.6. The van der Waals surface area contributed by atoms with Gasteiger partial charge in [-0.05, 0) is 68.7 Å². The number of carbonyl (C=O) groups excluding carboxylic acids is 1. The van der Waals surface area contributed by atoms with Gasteiger partial charge in [0.2, 0.25) is 11.7 Å². The van der Waals surface area contributed by atoms with Crippen LogP contribution in [0, 0.1) is 39.0 Å². The lowest BCUT2D eigenvalue weighted by Gasteiger charge is -2.14. The van der Waals surface area contributed by atoms with E-state index in [0.29, 0.717) is 16.9 Å². The topological polar surface area (TPSA) is 109 Å². The fraction of sp³-hybridized carbons (Fsp3) is 0.208. The number of nitrogens with zero attached hydrogens (tertiary/aromatic N) is 2. The van der Waals surface area contributed by atoms with Gasteiger partial charge in [-0.1, -0.05) is 0 Å². The molecule has 4 rings (SSSR count). The molecule has 1 N–H and O–H groups in total. The van der Waals surface area contributed by atoms with Crippen molar-refractivity contribution in [1.82, 2.24) is 4.57 Å². The highest BCUT2D eigenvalue weighted by molar-refractivity contribution is 6.12. The van der Waals surface area contributed by atoms with Crippen molar-refractivity contribution in [2.45, 2.75) is 34.2 Å². The van der Waals surface area contributed by atoms with Gasteiger partial charge in [-0.2, -0.15) is 5.26 Å². The van der Waals surface area contributed by atoms with Gasteiger partial charge in [0.25, 0.3) is 5.56 Å². The van der Waals surface area contributed by atoms with E-state index in [1.54, 1.807) is 19.1 Å². The van der Waals surface area contributed by atoms with E-state index in [2.05, 4.69) is 0 Å². The summed E-state index contributed by atoms with van der Waals surface area (Å²) in [6, 6.07) is 8.94. The summed E-state index contributed by atoms with van der Waals surface area (Å²) in [6.07, 6.45) is 1.44. The number of aromatic hydroxyl groups is 1. The van der Waals surface area contributed by atoms with Gasteiger partial charge in [0.15, 0.2) is 5.76 Å². The quantitative estimate of drug-likeness (QED) is 0.497. The Kier molecular flexibility index (Phi) is 4.78. The van der Waals surface area contributed by atoms with Gasteiger partial charge in [-0.15, -0.1) is 0 Å². The Morgan fingerprint density at radius 2 is 1.87 bits per heavy atom. The largest absolute Gasteiger partial charge is 0.494 e. The second kappa shape index (κ2) is 7.33. The number of nitriles is 1. The van der Waals surface area contributed by atoms with Gasteiger partial charge in [-0.3, -0.25) is 14.2 Å². The molecule has 0 saturated heterocycles. The lowest BCUT2D eigenvalue weighted by molar-refractivity contribution is 0.100. The third-order valence-corrected chi connectivity index (χ3v) is 5.68. The molecule has 0 radical (unpaired) electrons. The molecule has 4 aromatic rings. The fourth-order valence-corrected chi connectivity index (χ4v) is 3.73. The standard InChI is InChI=1S/C24H20N2O5/c1-12-8-17-15(4)22(31-19(17)9-13(12)2)21(27)20-14(3)18(10-25)23(28)26(24(20)29)11-16-6-5-7-30-16/h5-9,29H,11H2,1-4H3. The molecule has 0 amide bonds. The Morgan fingerprint density at radius 3 is 2.52 bits per heavy atom. The number of carbonyl (C=O) groups is 1. The van der Waals surface area contributed by atoms with Gasteiger partial charge in [-0.25, -0.2) is 0 Å². The zero-order chi connectivity index (χ0) is 22.4. The summed E-state index contributed by atoms with van der Waals surface area (Å²) >= 11 is 0. The number of aromatic nitrogens is 1. The molecule has 3 aromatic heterocycles. The van der Waals surface area contributed by atoms with Crippen molar-refractivity contribution >= 4 is 16.8 Å². The van der Waals surface area contributed by atoms with Crippen molar-refractivity contribution in [2.75, 3.05) is 0 Å². The molecule has 1 aromatic carbocycles. The highest BCUT2D eigenvalue weighted by Gasteiger charge is 2.29. The first kappa shape index (κ1) is 20.2. The molecule has 0 aliphatic rings. The molecule has 0 aliphatic carbocycles. The van der Waals surface area contributed by atoms with E-state index in [4.69, 9.17) is 8.83 Å². The smallest absolute Gasteiger partial charge is 0.271 e. The molecule has 3 heterocycles. The van der Waals surface area contributed by atoms with Crippen LogP contribution in [0.5, 0.6) is 5.88 Å². The number of pyridine rings is 1. The van der Waals surface area contributed by atoms with E-state index >= 15 is 0 Å². The van der Waals surface area contributed by atoms with Gasteiger partial charge in [0.05, 0.1) is 18.4 Å². The van der Waals surface area contributed by atoms with Gasteiger partial charge in [0, 0.05) is 10.9 Å². The van der Waals surface area contributed by atoms with E-state index in [1.807, 2.05) is 32.0 Å². The summed E-state index contributed by atoms with van der Waals surface area (Å²) in [4.78, 5) is 26.2. The van der Waals surface area contributed by atoms with Crippen LogP contribution in [0.1, 0.15) is 49.7 Å². The highest BCUT2D eigenvalue weighted by atomic mass is 16.3. The maximum absolute atomic E-state index is 13.5. The molecule has 0 saturated carbocycles. The Labute approximate surface area is 177 Å². The predicted molar refractivity (Wildman–Crippen MR) is 113 cm³/mol. The van der Waals surface area contributed by atoms with Crippen LogP contribution in [0.25, 0.3) is 11.0 Å². The molecule has 156 valence electrons. The first-order valence-corrected chi connectivity index (χ1v) is 9.68. The minimum atomic E-state index is -0.696. The highest BCUT2D eigenvalue weighted by Crippen LogP contribution is 2.32. The van der Waals surface area contributed by atoms with Crippen molar-refractivity contribution < 1.29 is 18.7 Å². The van der Waals surface area contributed by atoms with Crippen LogP contribution in [0.3, 0.4) is 0 Å². The first-order chi connectivity index (χ1) is 14.7. The Morgan fingerprint density at radius 1 is 1.16 bits per heavy atom. The summed E-state index contributed by atoms with van der Waals surface area (Å²) in [7, 11) is 0. The Hall–Kier alpha value is -4.05. The Balaban J connectivity index is 1.95. The van der Waals surface area contributed by atoms with Crippen LogP contribution >= 0.6 is 0 Å². The molecule has 0 aliphatic heterocycles. The van der Waals surface area contributed by atoms with Crippen LogP contribution in [-0.2, 0) is 6.54 Å². The number of aryl methyl sites for hydroxylation is 3. The molecular weight excluding hydrogens is 396 g/mol. The molecular formula is C24H20N2O5. The first-order valence-electron chi connectivity index (χ1n) is 9.68. The van der Waals surface area contributed by atoms with E-state index in [-0.39, 0.29) is 29.0 Å². The maximum Gasteiger partial charge on any atom is 0.271 e. The van der Waals surface area contributed by atoms with E-state index in [9.17, 15) is 20.0 Å². The summed E-state index contributed by atoms with van der Waals surface area (Å²) in [6.45, 7) is 7.04. The third kappa shape index (κ3) is 3.13. The predicted octanol–water partition coefficient (Wildman–Crippen LogP) is 4.28. The monoisotopic (exact) mass is 416 g/mol. The zero-order valence-corrected chi connectivity index (χ0v) is 17.6. The second-order valence-corrected chi connectivity index (χ2v) is 7.60. The Bertz CT molecular complexity index is 1450. The number of ketones is 1. The molecule has 0 fully saturated rings. The van der Waals surface area contributed by atoms with Crippen molar-refractivity contribution in [2.24, 2.45) is 0 Å². The van der Waals surface area contributed by atoms with Crippen LogP contribution < -0.4 is 5.56 Å².